The molecule has 0 radical (unpaired) electrons. The molecule has 104 valence electrons. The number of carbonyl (C=O) groups is 1. The fourth-order valence-corrected chi connectivity index (χ4v) is 2.38. The molecule has 6 heteroatoms. The third kappa shape index (κ3) is 3.19. The van der Waals surface area contributed by atoms with Crippen molar-refractivity contribution < 1.29 is 14.3 Å². The first-order valence-electron chi connectivity index (χ1n) is 6.06. The van der Waals surface area contributed by atoms with E-state index in [9.17, 15) is 4.79 Å². The zero-order valence-electron chi connectivity index (χ0n) is 11.0. The van der Waals surface area contributed by atoms with Crippen molar-refractivity contribution in [3.8, 4) is 11.5 Å². The lowest BCUT2D eigenvalue weighted by atomic mass is 10.0. The fraction of sp³-hybridized carbons (Fsp3) is 0.462. The van der Waals surface area contributed by atoms with E-state index in [-0.39, 0.29) is 5.91 Å². The van der Waals surface area contributed by atoms with Gasteiger partial charge >= 0.3 is 0 Å². The zero-order valence-corrected chi connectivity index (χ0v) is 12.5. The predicted molar refractivity (Wildman–Crippen MR) is 75.9 cm³/mol. The minimum Gasteiger partial charge on any atom is -0.495 e. The van der Waals surface area contributed by atoms with Gasteiger partial charge in [-0.25, -0.2) is 0 Å². The minimum atomic E-state index is -0.115. The Labute approximate surface area is 120 Å². The molecule has 0 atom stereocenters. The number of amides is 1. The molecule has 1 heterocycles. The Balaban J connectivity index is 2.11. The first-order valence-corrected chi connectivity index (χ1v) is 6.85. The quantitative estimate of drug-likeness (QED) is 0.858. The van der Waals surface area contributed by atoms with Gasteiger partial charge in [-0.2, -0.15) is 0 Å². The summed E-state index contributed by atoms with van der Waals surface area (Å²) in [4.78, 5) is 12.1. The monoisotopic (exact) mass is 328 g/mol. The van der Waals surface area contributed by atoms with Gasteiger partial charge in [-0.15, -0.1) is 0 Å². The molecule has 0 spiro atoms. The molecule has 0 aromatic heterocycles. The van der Waals surface area contributed by atoms with Gasteiger partial charge in [0, 0.05) is 31.1 Å². The lowest BCUT2D eigenvalue weighted by Crippen LogP contribution is -2.48. The van der Waals surface area contributed by atoms with Crippen LogP contribution in [-0.2, 0) is 0 Å². The Morgan fingerprint density at radius 3 is 2.37 bits per heavy atom. The van der Waals surface area contributed by atoms with E-state index >= 15 is 0 Å². The van der Waals surface area contributed by atoms with Crippen molar-refractivity contribution >= 4 is 21.8 Å². The van der Waals surface area contributed by atoms with E-state index < -0.39 is 0 Å². The number of hydrogen-bond acceptors (Lipinski definition) is 4. The minimum absolute atomic E-state index is 0.115. The highest BCUT2D eigenvalue weighted by atomic mass is 79.9. The number of methoxy groups -OCH3 is 2. The molecule has 1 aliphatic rings. The van der Waals surface area contributed by atoms with Crippen LogP contribution in [0.15, 0.2) is 16.6 Å². The van der Waals surface area contributed by atoms with Crippen LogP contribution in [0.2, 0.25) is 0 Å². The zero-order chi connectivity index (χ0) is 13.8. The summed E-state index contributed by atoms with van der Waals surface area (Å²) in [6.07, 6.45) is 0. The van der Waals surface area contributed by atoms with E-state index in [2.05, 4.69) is 26.6 Å². The molecule has 1 aromatic rings. The molecule has 0 bridgehead atoms. The SMILES string of the molecule is COc1cc(C(=O)NCC2CNC2)cc(OC)c1Br. The Morgan fingerprint density at radius 1 is 1.37 bits per heavy atom. The van der Waals surface area contributed by atoms with E-state index in [1.165, 1.54) is 0 Å². The van der Waals surface area contributed by atoms with Crippen molar-refractivity contribution in [2.24, 2.45) is 5.92 Å². The first-order chi connectivity index (χ1) is 9.15. The van der Waals surface area contributed by atoms with Crippen molar-refractivity contribution in [3.63, 3.8) is 0 Å². The van der Waals surface area contributed by atoms with Gasteiger partial charge in [0.05, 0.1) is 14.2 Å². The standard InChI is InChI=1S/C13H17BrN2O3/c1-18-10-3-9(4-11(19-2)12(10)14)13(17)16-7-8-5-15-6-8/h3-4,8,15H,5-7H2,1-2H3,(H,16,17). The molecule has 0 saturated carbocycles. The second-order valence-electron chi connectivity index (χ2n) is 4.43. The third-order valence-corrected chi connectivity index (χ3v) is 3.91. The molecule has 0 unspecified atom stereocenters. The Morgan fingerprint density at radius 2 is 1.95 bits per heavy atom. The van der Waals surface area contributed by atoms with Crippen LogP contribution < -0.4 is 20.1 Å². The van der Waals surface area contributed by atoms with Crippen molar-refractivity contribution in [1.82, 2.24) is 10.6 Å². The third-order valence-electron chi connectivity index (χ3n) is 3.13. The molecule has 1 fully saturated rings. The maximum atomic E-state index is 12.1. The summed E-state index contributed by atoms with van der Waals surface area (Å²) in [7, 11) is 3.11. The van der Waals surface area contributed by atoms with Crippen LogP contribution in [-0.4, -0.2) is 39.8 Å². The van der Waals surface area contributed by atoms with Gasteiger partial charge in [-0.1, -0.05) is 0 Å². The van der Waals surface area contributed by atoms with Crippen LogP contribution in [0.4, 0.5) is 0 Å². The maximum Gasteiger partial charge on any atom is 0.251 e. The summed E-state index contributed by atoms with van der Waals surface area (Å²) in [5.41, 5.74) is 0.532. The fourth-order valence-electron chi connectivity index (χ4n) is 1.83. The van der Waals surface area contributed by atoms with E-state index in [1.54, 1.807) is 26.4 Å². The van der Waals surface area contributed by atoms with Crippen molar-refractivity contribution in [3.05, 3.63) is 22.2 Å². The predicted octanol–water partition coefficient (Wildman–Crippen LogP) is 1.42. The molecule has 1 aliphatic heterocycles. The Kier molecular flexibility index (Phi) is 4.66. The van der Waals surface area contributed by atoms with Gasteiger partial charge in [0.1, 0.15) is 16.0 Å². The first kappa shape index (κ1) is 14.1. The molecule has 19 heavy (non-hydrogen) atoms. The summed E-state index contributed by atoms with van der Waals surface area (Å²) in [6, 6.07) is 3.39. The topological polar surface area (TPSA) is 59.6 Å². The van der Waals surface area contributed by atoms with Crippen LogP contribution in [0.5, 0.6) is 11.5 Å². The second kappa shape index (κ2) is 6.25. The number of ether oxygens (including phenoxy) is 2. The van der Waals surface area contributed by atoms with E-state index in [0.717, 1.165) is 13.1 Å². The molecule has 0 aliphatic carbocycles. The summed E-state index contributed by atoms with van der Waals surface area (Å²) in [5, 5.41) is 6.09. The number of benzene rings is 1. The van der Waals surface area contributed by atoms with Crippen LogP contribution in [0, 0.1) is 5.92 Å². The molecular weight excluding hydrogens is 312 g/mol. The van der Waals surface area contributed by atoms with Gasteiger partial charge in [0.2, 0.25) is 0 Å². The molecule has 5 nitrogen and oxygen atoms in total. The number of nitrogens with one attached hydrogen (secondary N) is 2. The average Bonchev–Trinajstić information content (AvgIpc) is 2.37. The second-order valence-corrected chi connectivity index (χ2v) is 5.22. The van der Waals surface area contributed by atoms with E-state index in [4.69, 9.17) is 9.47 Å². The summed E-state index contributed by atoms with van der Waals surface area (Å²) < 4.78 is 11.1. The smallest absolute Gasteiger partial charge is 0.251 e. The number of hydrogen-bond donors (Lipinski definition) is 2. The van der Waals surface area contributed by atoms with Crippen LogP contribution in [0.1, 0.15) is 10.4 Å². The summed E-state index contributed by atoms with van der Waals surface area (Å²) in [6.45, 7) is 2.62. The van der Waals surface area contributed by atoms with Gasteiger partial charge < -0.3 is 20.1 Å². The largest absolute Gasteiger partial charge is 0.495 e. The van der Waals surface area contributed by atoms with Crippen LogP contribution in [0.25, 0.3) is 0 Å². The highest BCUT2D eigenvalue weighted by Crippen LogP contribution is 2.35. The van der Waals surface area contributed by atoms with Crippen LogP contribution >= 0.6 is 15.9 Å². The highest BCUT2D eigenvalue weighted by molar-refractivity contribution is 9.10. The van der Waals surface area contributed by atoms with Gasteiger partial charge in [-0.05, 0) is 28.1 Å². The van der Waals surface area contributed by atoms with Gasteiger partial charge in [0.25, 0.3) is 5.91 Å². The van der Waals surface area contributed by atoms with Crippen molar-refractivity contribution in [2.75, 3.05) is 33.9 Å². The molecular formula is C13H17BrN2O3. The molecule has 1 saturated heterocycles. The number of rotatable bonds is 5. The maximum absolute atomic E-state index is 12.1. The molecule has 2 rings (SSSR count). The van der Waals surface area contributed by atoms with Gasteiger partial charge in [0.15, 0.2) is 0 Å². The Hall–Kier alpha value is -1.27. The summed E-state index contributed by atoms with van der Waals surface area (Å²) in [5.74, 6) is 1.57. The molecule has 2 N–H and O–H groups in total. The van der Waals surface area contributed by atoms with E-state index in [0.29, 0.717) is 34.0 Å². The van der Waals surface area contributed by atoms with Gasteiger partial charge in [-0.3, -0.25) is 4.79 Å². The number of halogens is 1. The lowest BCUT2D eigenvalue weighted by Gasteiger charge is -2.27. The highest BCUT2D eigenvalue weighted by Gasteiger charge is 2.19. The molecule has 1 aromatic carbocycles. The van der Waals surface area contributed by atoms with Crippen LogP contribution in [0.3, 0.4) is 0 Å². The summed E-state index contributed by atoms with van der Waals surface area (Å²) >= 11 is 3.38. The van der Waals surface area contributed by atoms with E-state index in [1.807, 2.05) is 0 Å². The van der Waals surface area contributed by atoms with Crippen molar-refractivity contribution in [1.29, 1.82) is 0 Å². The number of carbonyl (C=O) groups excluding carboxylic acids is 1. The normalized spacial score (nSPS) is 14.7. The Bertz CT molecular complexity index is 450. The average molecular weight is 329 g/mol. The van der Waals surface area contributed by atoms with Crippen molar-refractivity contribution in [2.45, 2.75) is 0 Å². The lowest BCUT2D eigenvalue weighted by molar-refractivity contribution is 0.0941. The molecule has 1 amide bonds.